The fourth-order valence-corrected chi connectivity index (χ4v) is 5.56. The summed E-state index contributed by atoms with van der Waals surface area (Å²) < 4.78 is 29.1. The van der Waals surface area contributed by atoms with Crippen molar-refractivity contribution in [2.45, 2.75) is 58.9 Å². The van der Waals surface area contributed by atoms with E-state index in [1.165, 1.54) is 0 Å². The van der Waals surface area contributed by atoms with E-state index in [2.05, 4.69) is 5.10 Å². The van der Waals surface area contributed by atoms with Crippen LogP contribution in [0.2, 0.25) is 0 Å². The molecule has 7 heteroatoms. The molecule has 0 aliphatic rings. The Morgan fingerprint density at radius 3 is 2.45 bits per heavy atom. The van der Waals surface area contributed by atoms with E-state index >= 15 is 0 Å². The van der Waals surface area contributed by atoms with Gasteiger partial charge in [-0.1, -0.05) is 40.2 Å². The second-order valence-corrected chi connectivity index (χ2v) is 10.8. The number of aryl methyl sites for hydroxylation is 2. The van der Waals surface area contributed by atoms with Gasteiger partial charge in [0.1, 0.15) is 0 Å². The minimum Gasteiger partial charge on any atom is -0.313 e. The van der Waals surface area contributed by atoms with Gasteiger partial charge in [-0.05, 0) is 48.1 Å². The first-order valence-electron chi connectivity index (χ1n) is 10.7. The molecule has 3 rings (SSSR count). The first-order chi connectivity index (χ1) is 14.6. The molecule has 0 aliphatic carbocycles. The van der Waals surface area contributed by atoms with Crippen molar-refractivity contribution in [1.82, 2.24) is 14.3 Å². The van der Waals surface area contributed by atoms with Gasteiger partial charge >= 0.3 is 0 Å². The maximum absolute atomic E-state index is 12.9. The van der Waals surface area contributed by atoms with Crippen LogP contribution in [0.3, 0.4) is 0 Å². The van der Waals surface area contributed by atoms with Crippen LogP contribution in [0.15, 0.2) is 58.6 Å². The molecule has 0 unspecified atom stereocenters. The molecular formula is C24H31N3O3S. The van der Waals surface area contributed by atoms with Gasteiger partial charge in [0.25, 0.3) is 5.56 Å². The zero-order chi connectivity index (χ0) is 22.8. The average Bonchev–Trinajstić information content (AvgIpc) is 3.19. The monoisotopic (exact) mass is 441 g/mol. The molecule has 2 heterocycles. The van der Waals surface area contributed by atoms with Crippen molar-refractivity contribution in [2.75, 3.05) is 5.75 Å². The lowest BCUT2D eigenvalue weighted by molar-refractivity contribution is 0.396. The summed E-state index contributed by atoms with van der Waals surface area (Å²) >= 11 is 0. The highest BCUT2D eigenvalue weighted by atomic mass is 32.2. The number of aromatic nitrogens is 3. The van der Waals surface area contributed by atoms with Gasteiger partial charge in [-0.3, -0.25) is 4.79 Å². The Kier molecular flexibility index (Phi) is 6.55. The third-order valence-corrected chi connectivity index (χ3v) is 7.82. The molecule has 0 atom stereocenters. The third-order valence-electron chi connectivity index (χ3n) is 5.69. The van der Waals surface area contributed by atoms with E-state index in [1.807, 2.05) is 46.9 Å². The van der Waals surface area contributed by atoms with E-state index in [9.17, 15) is 13.2 Å². The van der Waals surface area contributed by atoms with E-state index < -0.39 is 9.84 Å². The molecule has 0 bridgehead atoms. The van der Waals surface area contributed by atoms with E-state index in [4.69, 9.17) is 0 Å². The molecule has 6 nitrogen and oxygen atoms in total. The van der Waals surface area contributed by atoms with Crippen LogP contribution >= 0.6 is 0 Å². The summed E-state index contributed by atoms with van der Waals surface area (Å²) in [6.07, 6.45) is 7.13. The normalized spacial score (nSPS) is 12.3. The molecule has 0 aliphatic heterocycles. The summed E-state index contributed by atoms with van der Waals surface area (Å²) in [5.74, 6) is 0.126. The molecule has 31 heavy (non-hydrogen) atoms. The Bertz CT molecular complexity index is 1240. The van der Waals surface area contributed by atoms with Crippen LogP contribution in [0.5, 0.6) is 0 Å². The molecule has 166 valence electrons. The summed E-state index contributed by atoms with van der Waals surface area (Å²) in [4.78, 5) is 12.3. The van der Waals surface area contributed by atoms with E-state index in [0.717, 1.165) is 35.2 Å². The van der Waals surface area contributed by atoms with Crippen LogP contribution in [0, 0.1) is 12.3 Å². The first kappa shape index (κ1) is 23.0. The van der Waals surface area contributed by atoms with E-state index in [0.29, 0.717) is 11.4 Å². The molecule has 0 fully saturated rings. The van der Waals surface area contributed by atoms with Crippen LogP contribution in [-0.4, -0.2) is 28.5 Å². The zero-order valence-electron chi connectivity index (χ0n) is 18.9. The van der Waals surface area contributed by atoms with Crippen LogP contribution in [0.4, 0.5) is 0 Å². The van der Waals surface area contributed by atoms with Crippen molar-refractivity contribution < 1.29 is 8.42 Å². The fourth-order valence-electron chi connectivity index (χ4n) is 3.53. The minimum atomic E-state index is -3.36. The van der Waals surface area contributed by atoms with E-state index in [1.54, 1.807) is 45.9 Å². The summed E-state index contributed by atoms with van der Waals surface area (Å²) in [6, 6.07) is 8.58. The maximum Gasteiger partial charge on any atom is 0.250 e. The number of pyridine rings is 1. The van der Waals surface area contributed by atoms with Gasteiger partial charge < -0.3 is 4.57 Å². The smallest absolute Gasteiger partial charge is 0.250 e. The lowest BCUT2D eigenvalue weighted by atomic mass is 9.93. The van der Waals surface area contributed by atoms with Crippen LogP contribution in [0.25, 0.3) is 16.8 Å². The molecular weight excluding hydrogens is 410 g/mol. The highest BCUT2D eigenvalue weighted by Crippen LogP contribution is 2.30. The minimum absolute atomic E-state index is 0.0307. The predicted molar refractivity (Wildman–Crippen MR) is 124 cm³/mol. The number of benzene rings is 1. The lowest BCUT2D eigenvalue weighted by Gasteiger charge is -2.22. The standard InChI is InChI=1S/C24H31N3O3S/c1-6-12-26-16-20(8-11-23(26)28)27-15-19(14-25-27)22-10-9-21(13-18(22)3)31(29,30)17-24(4,5)7-2/h8-11,13-16H,6-7,12,17H2,1-5H3. The van der Waals surface area contributed by atoms with Gasteiger partial charge in [0.05, 0.1) is 22.5 Å². The number of hydrogen-bond acceptors (Lipinski definition) is 4. The Morgan fingerprint density at radius 2 is 1.81 bits per heavy atom. The maximum atomic E-state index is 12.9. The predicted octanol–water partition coefficient (Wildman–Crippen LogP) is 4.63. The van der Waals surface area contributed by atoms with Crippen molar-refractivity contribution in [3.63, 3.8) is 0 Å². The number of hydrogen-bond donors (Lipinski definition) is 0. The molecule has 0 saturated heterocycles. The largest absolute Gasteiger partial charge is 0.313 e. The van der Waals surface area contributed by atoms with Gasteiger partial charge in [-0.2, -0.15) is 5.10 Å². The van der Waals surface area contributed by atoms with Crippen molar-refractivity contribution >= 4 is 9.84 Å². The third kappa shape index (κ3) is 5.15. The number of rotatable bonds is 8. The van der Waals surface area contributed by atoms with Gasteiger partial charge in [0, 0.05) is 30.6 Å². The molecule has 0 amide bonds. The van der Waals surface area contributed by atoms with Crippen molar-refractivity contribution in [2.24, 2.45) is 5.41 Å². The molecule has 1 aromatic carbocycles. The SMILES string of the molecule is CCCn1cc(-n2cc(-c3ccc(S(=O)(=O)CC(C)(C)CC)cc3C)cn2)ccc1=O. The number of sulfone groups is 1. The molecule has 0 saturated carbocycles. The summed E-state index contributed by atoms with van der Waals surface area (Å²) in [5.41, 5.74) is 3.21. The lowest BCUT2D eigenvalue weighted by Crippen LogP contribution is -2.23. The summed E-state index contributed by atoms with van der Waals surface area (Å²) in [6.45, 7) is 10.6. The highest BCUT2D eigenvalue weighted by molar-refractivity contribution is 7.91. The number of nitrogens with zero attached hydrogens (tertiary/aromatic N) is 3. The molecule has 3 aromatic rings. The van der Waals surface area contributed by atoms with Crippen molar-refractivity contribution in [3.8, 4) is 16.8 Å². The second-order valence-electron chi connectivity index (χ2n) is 8.85. The topological polar surface area (TPSA) is 74.0 Å². The quantitative estimate of drug-likeness (QED) is 0.511. The average molecular weight is 442 g/mol. The Labute approximate surface area is 184 Å². The first-order valence-corrected chi connectivity index (χ1v) is 12.3. The van der Waals surface area contributed by atoms with Crippen LogP contribution in [0.1, 0.15) is 46.1 Å². The molecule has 0 radical (unpaired) electrons. The fraction of sp³-hybridized carbons (Fsp3) is 0.417. The zero-order valence-corrected chi connectivity index (χ0v) is 19.7. The van der Waals surface area contributed by atoms with Gasteiger partial charge in [0.15, 0.2) is 9.84 Å². The summed E-state index contributed by atoms with van der Waals surface area (Å²) in [7, 11) is -3.36. The molecule has 0 spiro atoms. The Balaban J connectivity index is 1.91. The van der Waals surface area contributed by atoms with Crippen molar-refractivity contribution in [3.05, 3.63) is 64.8 Å². The van der Waals surface area contributed by atoms with Gasteiger partial charge in [0.2, 0.25) is 0 Å². The Morgan fingerprint density at radius 1 is 1.06 bits per heavy atom. The molecule has 0 N–H and O–H groups in total. The van der Waals surface area contributed by atoms with Gasteiger partial charge in [-0.25, -0.2) is 13.1 Å². The Hall–Kier alpha value is -2.67. The van der Waals surface area contributed by atoms with Crippen molar-refractivity contribution in [1.29, 1.82) is 0 Å². The highest BCUT2D eigenvalue weighted by Gasteiger charge is 2.26. The summed E-state index contributed by atoms with van der Waals surface area (Å²) in [5, 5.41) is 4.45. The van der Waals surface area contributed by atoms with Crippen LogP contribution in [-0.2, 0) is 16.4 Å². The second kappa shape index (κ2) is 8.83. The van der Waals surface area contributed by atoms with Crippen LogP contribution < -0.4 is 5.56 Å². The van der Waals surface area contributed by atoms with E-state index in [-0.39, 0.29) is 16.7 Å². The van der Waals surface area contributed by atoms with Gasteiger partial charge in [-0.15, -0.1) is 0 Å². The molecule has 2 aromatic heterocycles.